The first-order chi connectivity index (χ1) is 23.5. The van der Waals surface area contributed by atoms with E-state index in [1.807, 2.05) is 30.6 Å². The van der Waals surface area contributed by atoms with E-state index >= 15 is 0 Å². The summed E-state index contributed by atoms with van der Waals surface area (Å²) in [5, 5.41) is 15.1. The molecule has 48 heavy (non-hydrogen) atoms. The maximum atomic E-state index is 8.72. The maximum absolute atomic E-state index is 8.72. The van der Waals surface area contributed by atoms with Gasteiger partial charge in [-0.15, -0.1) is 0 Å². The quantitative estimate of drug-likeness (QED) is 0.174. The van der Waals surface area contributed by atoms with E-state index in [9.17, 15) is 0 Å². The van der Waals surface area contributed by atoms with E-state index in [1.54, 1.807) is 0 Å². The fraction of sp³-hybridized carbons (Fsp3) is 0.343. The molecule has 2 aliphatic heterocycles. The van der Waals surface area contributed by atoms with Gasteiger partial charge in [0, 0.05) is 23.8 Å². The summed E-state index contributed by atoms with van der Waals surface area (Å²) >= 11 is 0. The monoisotopic (exact) mass is 645 g/mol. The third-order valence-corrected chi connectivity index (χ3v) is 8.45. The molecule has 0 bridgehead atoms. The van der Waals surface area contributed by atoms with Crippen molar-refractivity contribution in [3.05, 3.63) is 95.6 Å². The molecule has 0 unspecified atom stereocenters. The minimum absolute atomic E-state index is 0.153. The van der Waals surface area contributed by atoms with Crippen molar-refractivity contribution in [3.8, 4) is 6.07 Å². The van der Waals surface area contributed by atoms with Crippen LogP contribution >= 0.6 is 0 Å². The molecule has 0 saturated heterocycles. The number of benzene rings is 2. The SMILES string of the molecule is N#Cc1cnc(Nc2ccc(CC[C@H]3COC(N)=N3)cc2)nc1.NC1=N[C@@H](CCc2ccc(Nc3ncc(C4CCC4)cn3)cc2)CO1. The third-order valence-electron chi connectivity index (χ3n) is 8.45. The first-order valence-electron chi connectivity index (χ1n) is 16.2. The molecule has 6 N–H and O–H groups in total. The molecule has 2 aromatic heterocycles. The van der Waals surface area contributed by atoms with Gasteiger partial charge in [-0.05, 0) is 85.4 Å². The number of hydrogen-bond acceptors (Lipinski definition) is 13. The number of nitrogens with zero attached hydrogens (tertiary/aromatic N) is 7. The molecule has 2 atom stereocenters. The zero-order valence-corrected chi connectivity index (χ0v) is 26.6. The van der Waals surface area contributed by atoms with Gasteiger partial charge >= 0.3 is 0 Å². The molecule has 246 valence electrons. The van der Waals surface area contributed by atoms with Gasteiger partial charge in [0.25, 0.3) is 12.0 Å². The average Bonchev–Trinajstić information content (AvgIpc) is 3.72. The minimum Gasteiger partial charge on any atom is -0.463 e. The lowest BCUT2D eigenvalue weighted by Gasteiger charge is -2.24. The van der Waals surface area contributed by atoms with Gasteiger partial charge in [-0.1, -0.05) is 30.7 Å². The molecule has 13 heteroatoms. The first-order valence-corrected chi connectivity index (χ1v) is 16.2. The normalized spacial score (nSPS) is 18.1. The van der Waals surface area contributed by atoms with Crippen molar-refractivity contribution < 1.29 is 9.47 Å². The second-order valence-electron chi connectivity index (χ2n) is 12.0. The first kappa shape index (κ1) is 32.2. The van der Waals surface area contributed by atoms with Crippen molar-refractivity contribution >= 4 is 35.3 Å². The summed E-state index contributed by atoms with van der Waals surface area (Å²) in [6, 6.07) is 19.3. The number of nitriles is 1. The van der Waals surface area contributed by atoms with Crippen molar-refractivity contribution in [2.75, 3.05) is 23.8 Å². The molecule has 13 nitrogen and oxygen atoms in total. The van der Waals surface area contributed by atoms with Gasteiger partial charge < -0.3 is 31.6 Å². The minimum atomic E-state index is 0.153. The molecule has 0 spiro atoms. The number of hydrogen-bond donors (Lipinski definition) is 4. The Morgan fingerprint density at radius 2 is 1.15 bits per heavy atom. The third kappa shape index (κ3) is 9.16. The van der Waals surface area contributed by atoms with Gasteiger partial charge in [0.15, 0.2) is 0 Å². The molecular weight excluding hydrogens is 606 g/mol. The number of aromatic nitrogens is 4. The molecule has 4 aromatic rings. The summed E-state index contributed by atoms with van der Waals surface area (Å²) in [6.45, 7) is 1.17. The fourth-order valence-electron chi connectivity index (χ4n) is 5.41. The number of amidine groups is 2. The summed E-state index contributed by atoms with van der Waals surface area (Å²) < 4.78 is 10.3. The smallest absolute Gasteiger partial charge is 0.282 e. The molecular formula is C35H39N11O2. The molecule has 7 rings (SSSR count). The number of aliphatic imine (C=N–C) groups is 2. The van der Waals surface area contributed by atoms with Gasteiger partial charge in [-0.3, -0.25) is 0 Å². The summed E-state index contributed by atoms with van der Waals surface area (Å²) in [5.74, 6) is 1.77. The molecule has 1 fully saturated rings. The Morgan fingerprint density at radius 3 is 1.52 bits per heavy atom. The zero-order chi connectivity index (χ0) is 33.1. The van der Waals surface area contributed by atoms with Crippen LogP contribution in [0.25, 0.3) is 0 Å². The van der Waals surface area contributed by atoms with Crippen molar-refractivity contribution in [3.63, 3.8) is 0 Å². The van der Waals surface area contributed by atoms with Crippen LogP contribution < -0.4 is 22.1 Å². The highest BCUT2D eigenvalue weighted by Crippen LogP contribution is 2.35. The largest absolute Gasteiger partial charge is 0.463 e. The second-order valence-corrected chi connectivity index (χ2v) is 12.0. The maximum Gasteiger partial charge on any atom is 0.282 e. The van der Waals surface area contributed by atoms with E-state index in [-0.39, 0.29) is 18.1 Å². The van der Waals surface area contributed by atoms with Gasteiger partial charge in [-0.25, -0.2) is 29.9 Å². The van der Waals surface area contributed by atoms with Crippen molar-refractivity contribution in [2.45, 2.75) is 62.9 Å². The van der Waals surface area contributed by atoms with Crippen LogP contribution in [-0.4, -0.2) is 57.3 Å². The Labute approximate surface area is 279 Å². The van der Waals surface area contributed by atoms with E-state index in [0.717, 1.165) is 37.1 Å². The van der Waals surface area contributed by atoms with Crippen LogP contribution in [0.4, 0.5) is 23.3 Å². The van der Waals surface area contributed by atoms with E-state index in [0.29, 0.717) is 42.6 Å². The van der Waals surface area contributed by atoms with Crippen LogP contribution in [0.1, 0.15) is 60.3 Å². The molecule has 0 amide bonds. The van der Waals surface area contributed by atoms with Crippen LogP contribution in [0.5, 0.6) is 0 Å². The Bertz CT molecular complexity index is 1730. The van der Waals surface area contributed by atoms with Crippen LogP contribution in [0, 0.1) is 11.3 Å². The highest BCUT2D eigenvalue weighted by atomic mass is 16.5. The van der Waals surface area contributed by atoms with Crippen molar-refractivity contribution in [1.29, 1.82) is 5.26 Å². The number of ether oxygens (including phenoxy) is 2. The lowest BCUT2D eigenvalue weighted by atomic mass is 9.81. The Hall–Kier alpha value is -5.77. The number of nitrogens with two attached hydrogens (primary N) is 2. The van der Waals surface area contributed by atoms with Gasteiger partial charge in [0.05, 0.1) is 30.0 Å². The molecule has 1 saturated carbocycles. The number of aryl methyl sites for hydroxylation is 2. The summed E-state index contributed by atoms with van der Waals surface area (Å²) in [6.07, 6.45) is 14.4. The van der Waals surface area contributed by atoms with Gasteiger partial charge in [-0.2, -0.15) is 5.26 Å². The summed E-state index contributed by atoms with van der Waals surface area (Å²) in [7, 11) is 0. The molecule has 2 aromatic carbocycles. The van der Waals surface area contributed by atoms with Crippen LogP contribution in [0.3, 0.4) is 0 Å². The fourth-order valence-corrected chi connectivity index (χ4v) is 5.41. The summed E-state index contributed by atoms with van der Waals surface area (Å²) in [4.78, 5) is 25.5. The average molecular weight is 646 g/mol. The van der Waals surface area contributed by atoms with Crippen LogP contribution in [0.15, 0.2) is 83.3 Å². The van der Waals surface area contributed by atoms with Crippen molar-refractivity contribution in [2.24, 2.45) is 21.5 Å². The van der Waals surface area contributed by atoms with E-state index in [1.165, 1.54) is 48.3 Å². The molecule has 0 radical (unpaired) electrons. The van der Waals surface area contributed by atoms with E-state index < -0.39 is 0 Å². The lowest BCUT2D eigenvalue weighted by Crippen LogP contribution is -2.10. The standard InChI is InChI=1S/C19H23N5O.C16H16N6O/c20-18-23-17(12-25-18)9-6-13-4-7-16(8-5-13)24-19-21-10-15(11-22-19)14-2-1-3-14;17-7-12-8-19-16(20-9-12)22-13-4-1-11(2-5-13)3-6-14-10-23-15(18)21-14/h4-5,7-8,10-11,14,17H,1-3,6,9,12H2,(H2,20,23)(H,21,22,24);1-2,4-5,8-9,14H,3,6,10H2,(H2,18,21)(H,19,20,22)/t17-;14-/m00/s1. The molecule has 4 heterocycles. The van der Waals surface area contributed by atoms with E-state index in [4.69, 9.17) is 26.2 Å². The van der Waals surface area contributed by atoms with E-state index in [2.05, 4.69) is 77.0 Å². The lowest BCUT2D eigenvalue weighted by molar-refractivity contribution is 0.308. The summed E-state index contributed by atoms with van der Waals surface area (Å²) in [5.41, 5.74) is 17.1. The Morgan fingerprint density at radius 1 is 0.688 bits per heavy atom. The number of rotatable bonds is 11. The zero-order valence-electron chi connectivity index (χ0n) is 26.6. The van der Waals surface area contributed by atoms with Crippen LogP contribution in [-0.2, 0) is 22.3 Å². The van der Waals surface area contributed by atoms with Crippen LogP contribution in [0.2, 0.25) is 0 Å². The van der Waals surface area contributed by atoms with Crippen molar-refractivity contribution in [1.82, 2.24) is 19.9 Å². The predicted molar refractivity (Wildman–Crippen MR) is 184 cm³/mol. The topological polar surface area (TPSA) is 195 Å². The number of nitrogens with one attached hydrogen (secondary N) is 2. The van der Waals surface area contributed by atoms with Gasteiger partial charge in [0.2, 0.25) is 11.9 Å². The predicted octanol–water partition coefficient (Wildman–Crippen LogP) is 4.87. The highest BCUT2D eigenvalue weighted by Gasteiger charge is 2.20. The number of anilines is 4. The highest BCUT2D eigenvalue weighted by molar-refractivity contribution is 5.73. The molecule has 3 aliphatic rings. The Kier molecular flexibility index (Phi) is 10.5. The molecule has 1 aliphatic carbocycles. The second kappa shape index (κ2) is 15.7. The Balaban J connectivity index is 0.000000168. The van der Waals surface area contributed by atoms with Gasteiger partial charge in [0.1, 0.15) is 19.3 Å².